The van der Waals surface area contributed by atoms with Gasteiger partial charge in [0.05, 0.1) is 12.7 Å². The number of hydrogen-bond donors (Lipinski definition) is 1. The van der Waals surface area contributed by atoms with Crippen molar-refractivity contribution in [1.82, 2.24) is 24.9 Å². The number of aromatic nitrogens is 4. The molecule has 1 unspecified atom stereocenters. The van der Waals surface area contributed by atoms with Crippen LogP contribution in [-0.2, 0) is 4.74 Å². The average Bonchev–Trinajstić information content (AvgIpc) is 2.81. The highest BCUT2D eigenvalue weighted by molar-refractivity contribution is 5.63. The number of likely N-dealkylation sites (N-methyl/N-ethyl adjacent to an activating group) is 1. The summed E-state index contributed by atoms with van der Waals surface area (Å²) in [5.74, 6) is 1.76. The predicted octanol–water partition coefficient (Wildman–Crippen LogP) is -0.143. The van der Waals surface area contributed by atoms with E-state index in [0.717, 1.165) is 36.9 Å². The van der Waals surface area contributed by atoms with Crippen LogP contribution in [0.15, 0.2) is 12.4 Å². The third-order valence-electron chi connectivity index (χ3n) is 3.35. The van der Waals surface area contributed by atoms with Crippen molar-refractivity contribution < 1.29 is 4.74 Å². The number of anilines is 1. The first-order valence-corrected chi connectivity index (χ1v) is 6.47. The first-order valence-electron chi connectivity index (χ1n) is 6.47. The topological polar surface area (TPSA) is 67.6 Å². The number of ether oxygens (including phenoxy) is 1. The molecular formula is C12H18N6O. The van der Waals surface area contributed by atoms with Gasteiger partial charge in [0.1, 0.15) is 5.82 Å². The van der Waals surface area contributed by atoms with Gasteiger partial charge >= 0.3 is 0 Å². The Bertz CT molecular complexity index is 566. The molecular weight excluding hydrogens is 244 g/mol. The molecule has 1 N–H and O–H groups in total. The molecule has 2 aromatic rings. The molecule has 1 atom stereocenters. The molecule has 0 bridgehead atoms. The van der Waals surface area contributed by atoms with Gasteiger partial charge in [0, 0.05) is 32.0 Å². The van der Waals surface area contributed by atoms with E-state index in [1.165, 1.54) is 0 Å². The molecule has 7 heteroatoms. The minimum Gasteiger partial charge on any atom is -0.373 e. The molecule has 3 heterocycles. The van der Waals surface area contributed by atoms with Crippen LogP contribution >= 0.6 is 0 Å². The number of morpholine rings is 1. The van der Waals surface area contributed by atoms with E-state index in [1.807, 2.05) is 24.6 Å². The zero-order chi connectivity index (χ0) is 13.2. The molecule has 0 aromatic carbocycles. The fourth-order valence-corrected chi connectivity index (χ4v) is 2.41. The summed E-state index contributed by atoms with van der Waals surface area (Å²) < 4.78 is 7.68. The second-order valence-corrected chi connectivity index (χ2v) is 4.69. The number of hydrogen-bond acceptors (Lipinski definition) is 6. The molecule has 1 aliphatic rings. The monoisotopic (exact) mass is 262 g/mol. The lowest BCUT2D eigenvalue weighted by atomic mass is 10.2. The smallest absolute Gasteiger partial charge is 0.203 e. The predicted molar refractivity (Wildman–Crippen MR) is 71.4 cm³/mol. The van der Waals surface area contributed by atoms with E-state index in [-0.39, 0.29) is 6.10 Å². The van der Waals surface area contributed by atoms with Crippen LogP contribution in [-0.4, -0.2) is 59.0 Å². The van der Waals surface area contributed by atoms with Crippen LogP contribution in [0.3, 0.4) is 0 Å². The standard InChI is InChI=1S/C12H18N6O/c1-9-15-16-12-11(14-3-4-18(9)12)17-5-6-19-10(8-17)7-13-2/h3-4,10,13H,5-8H2,1-2H3. The van der Waals surface area contributed by atoms with Gasteiger partial charge in [-0.2, -0.15) is 0 Å². The summed E-state index contributed by atoms with van der Waals surface area (Å²) in [5.41, 5.74) is 0.810. The van der Waals surface area contributed by atoms with Crippen LogP contribution in [0.5, 0.6) is 0 Å². The van der Waals surface area contributed by atoms with Gasteiger partial charge in [-0.1, -0.05) is 0 Å². The van der Waals surface area contributed by atoms with Gasteiger partial charge < -0.3 is 15.0 Å². The summed E-state index contributed by atoms with van der Waals surface area (Å²) in [6.45, 7) is 5.14. The van der Waals surface area contributed by atoms with Crippen molar-refractivity contribution >= 4 is 11.5 Å². The van der Waals surface area contributed by atoms with E-state index >= 15 is 0 Å². The van der Waals surface area contributed by atoms with Crippen molar-refractivity contribution in [3.8, 4) is 0 Å². The highest BCUT2D eigenvalue weighted by Crippen LogP contribution is 2.19. The molecule has 7 nitrogen and oxygen atoms in total. The summed E-state index contributed by atoms with van der Waals surface area (Å²) in [6.07, 6.45) is 3.87. The number of aryl methyl sites for hydroxylation is 1. The normalized spacial score (nSPS) is 20.1. The highest BCUT2D eigenvalue weighted by Gasteiger charge is 2.23. The van der Waals surface area contributed by atoms with Gasteiger partial charge in [0.2, 0.25) is 5.65 Å². The fourth-order valence-electron chi connectivity index (χ4n) is 2.41. The van der Waals surface area contributed by atoms with E-state index in [9.17, 15) is 0 Å². The molecule has 3 rings (SSSR count). The van der Waals surface area contributed by atoms with Crippen LogP contribution in [0.25, 0.3) is 5.65 Å². The quantitative estimate of drug-likeness (QED) is 0.830. The summed E-state index contributed by atoms with van der Waals surface area (Å²) in [7, 11) is 1.93. The second kappa shape index (κ2) is 5.10. The molecule has 1 aliphatic heterocycles. The first-order chi connectivity index (χ1) is 9.29. The Kier molecular flexibility index (Phi) is 3.31. The van der Waals surface area contributed by atoms with Crippen LogP contribution in [0.2, 0.25) is 0 Å². The minimum atomic E-state index is 0.185. The van der Waals surface area contributed by atoms with Crippen molar-refractivity contribution in [3.63, 3.8) is 0 Å². The van der Waals surface area contributed by atoms with Crippen molar-refractivity contribution in [2.75, 3.05) is 38.2 Å². The van der Waals surface area contributed by atoms with Crippen LogP contribution in [0, 0.1) is 6.92 Å². The SMILES string of the molecule is CNCC1CN(c2nccn3c(C)nnc23)CCO1. The average molecular weight is 262 g/mol. The van der Waals surface area contributed by atoms with Gasteiger partial charge in [0.25, 0.3) is 0 Å². The van der Waals surface area contributed by atoms with Gasteiger partial charge in [-0.05, 0) is 14.0 Å². The molecule has 19 heavy (non-hydrogen) atoms. The maximum Gasteiger partial charge on any atom is 0.203 e. The highest BCUT2D eigenvalue weighted by atomic mass is 16.5. The maximum absolute atomic E-state index is 5.71. The zero-order valence-electron chi connectivity index (χ0n) is 11.2. The van der Waals surface area contributed by atoms with Crippen LogP contribution in [0.4, 0.5) is 5.82 Å². The van der Waals surface area contributed by atoms with Gasteiger partial charge in [-0.15, -0.1) is 10.2 Å². The minimum absolute atomic E-state index is 0.185. The van der Waals surface area contributed by atoms with Gasteiger partial charge in [-0.25, -0.2) is 4.98 Å². The molecule has 1 saturated heterocycles. The number of nitrogens with one attached hydrogen (secondary N) is 1. The van der Waals surface area contributed by atoms with Crippen molar-refractivity contribution in [1.29, 1.82) is 0 Å². The summed E-state index contributed by atoms with van der Waals surface area (Å²) in [6, 6.07) is 0. The van der Waals surface area contributed by atoms with Crippen molar-refractivity contribution in [2.45, 2.75) is 13.0 Å². The van der Waals surface area contributed by atoms with Crippen molar-refractivity contribution in [3.05, 3.63) is 18.2 Å². The maximum atomic E-state index is 5.71. The Morgan fingerprint density at radius 1 is 1.47 bits per heavy atom. The summed E-state index contributed by atoms with van der Waals surface area (Å²) >= 11 is 0. The molecule has 102 valence electrons. The molecule has 0 radical (unpaired) electrons. The van der Waals surface area contributed by atoms with Crippen molar-refractivity contribution in [2.24, 2.45) is 0 Å². The number of rotatable bonds is 3. The molecule has 0 aliphatic carbocycles. The lowest BCUT2D eigenvalue weighted by Crippen LogP contribution is -2.46. The molecule has 0 saturated carbocycles. The van der Waals surface area contributed by atoms with E-state index in [2.05, 4.69) is 25.4 Å². The molecule has 0 spiro atoms. The van der Waals surface area contributed by atoms with E-state index < -0.39 is 0 Å². The Hall–Kier alpha value is -1.73. The molecule has 1 fully saturated rings. The fraction of sp³-hybridized carbons (Fsp3) is 0.583. The zero-order valence-corrected chi connectivity index (χ0v) is 11.2. The Morgan fingerprint density at radius 2 is 2.37 bits per heavy atom. The van der Waals surface area contributed by atoms with E-state index in [1.54, 1.807) is 6.20 Å². The third-order valence-corrected chi connectivity index (χ3v) is 3.35. The Balaban J connectivity index is 1.91. The largest absolute Gasteiger partial charge is 0.373 e. The van der Waals surface area contributed by atoms with E-state index in [4.69, 9.17) is 4.74 Å². The third kappa shape index (κ3) is 2.26. The summed E-state index contributed by atoms with van der Waals surface area (Å²) in [4.78, 5) is 6.68. The van der Waals surface area contributed by atoms with Gasteiger partial charge in [-0.3, -0.25) is 4.40 Å². The lowest BCUT2D eigenvalue weighted by Gasteiger charge is -2.33. The summed E-state index contributed by atoms with van der Waals surface area (Å²) in [5, 5.41) is 11.5. The lowest BCUT2D eigenvalue weighted by molar-refractivity contribution is 0.0420. The van der Waals surface area contributed by atoms with Gasteiger partial charge in [0.15, 0.2) is 5.82 Å². The Morgan fingerprint density at radius 3 is 3.21 bits per heavy atom. The first kappa shape index (κ1) is 12.3. The number of nitrogens with zero attached hydrogens (tertiary/aromatic N) is 5. The van der Waals surface area contributed by atoms with E-state index in [0.29, 0.717) is 6.61 Å². The second-order valence-electron chi connectivity index (χ2n) is 4.69. The molecule has 0 amide bonds. The molecule has 2 aromatic heterocycles. The number of fused-ring (bicyclic) bond motifs is 1. The Labute approximate surface area is 111 Å². The van der Waals surface area contributed by atoms with Crippen LogP contribution in [0.1, 0.15) is 5.82 Å². The van der Waals surface area contributed by atoms with Crippen LogP contribution < -0.4 is 10.2 Å².